The van der Waals surface area contributed by atoms with E-state index in [0.29, 0.717) is 39.0 Å². The minimum absolute atomic E-state index is 0.0761. The lowest BCUT2D eigenvalue weighted by molar-refractivity contribution is -0.135. The third kappa shape index (κ3) is 3.08. The van der Waals surface area contributed by atoms with Crippen molar-refractivity contribution in [1.29, 1.82) is 0 Å². The molecule has 0 aliphatic carbocycles. The SMILES string of the molecule is NC(=O)C1CCN(C(=O)CC2CCOc3ccccc32)CC1. The monoisotopic (exact) mass is 302 g/mol. The smallest absolute Gasteiger partial charge is 0.223 e. The van der Waals surface area contributed by atoms with Crippen molar-refractivity contribution in [3.63, 3.8) is 0 Å². The number of fused-ring (bicyclic) bond motifs is 1. The van der Waals surface area contributed by atoms with Gasteiger partial charge in [0, 0.05) is 25.4 Å². The van der Waals surface area contributed by atoms with E-state index >= 15 is 0 Å². The summed E-state index contributed by atoms with van der Waals surface area (Å²) in [6.45, 7) is 1.94. The van der Waals surface area contributed by atoms with Crippen molar-refractivity contribution in [3.8, 4) is 5.75 Å². The van der Waals surface area contributed by atoms with Crippen LogP contribution in [0.5, 0.6) is 5.75 Å². The second kappa shape index (κ2) is 6.38. The molecule has 2 N–H and O–H groups in total. The number of carbonyl (C=O) groups excluding carboxylic acids is 2. The molecular weight excluding hydrogens is 280 g/mol. The Morgan fingerprint density at radius 3 is 2.64 bits per heavy atom. The molecule has 2 aliphatic rings. The third-order valence-electron chi connectivity index (χ3n) is 4.75. The molecule has 2 heterocycles. The molecule has 0 bridgehead atoms. The molecule has 1 unspecified atom stereocenters. The van der Waals surface area contributed by atoms with Gasteiger partial charge in [0.15, 0.2) is 0 Å². The average Bonchev–Trinajstić information content (AvgIpc) is 2.55. The summed E-state index contributed by atoms with van der Waals surface area (Å²) in [6.07, 6.45) is 2.76. The lowest BCUT2D eigenvalue weighted by Gasteiger charge is -2.32. The Balaban J connectivity index is 1.60. The first-order valence-electron chi connectivity index (χ1n) is 7.94. The standard InChI is InChI=1S/C17H22N2O3/c18-17(21)12-5-8-19(9-6-12)16(20)11-13-7-10-22-15-4-2-1-3-14(13)15/h1-4,12-13H,5-11H2,(H2,18,21). The van der Waals surface area contributed by atoms with Crippen LogP contribution in [-0.2, 0) is 9.59 Å². The molecule has 1 fully saturated rings. The Bertz CT molecular complexity index is 565. The molecule has 0 saturated carbocycles. The van der Waals surface area contributed by atoms with Gasteiger partial charge < -0.3 is 15.4 Å². The molecule has 1 atom stereocenters. The van der Waals surface area contributed by atoms with Gasteiger partial charge >= 0.3 is 0 Å². The highest BCUT2D eigenvalue weighted by atomic mass is 16.5. The molecule has 118 valence electrons. The molecule has 1 aromatic carbocycles. The van der Waals surface area contributed by atoms with Crippen LogP contribution in [0.25, 0.3) is 0 Å². The van der Waals surface area contributed by atoms with Crippen molar-refractivity contribution < 1.29 is 14.3 Å². The fourth-order valence-electron chi connectivity index (χ4n) is 3.38. The van der Waals surface area contributed by atoms with E-state index in [-0.39, 0.29) is 23.7 Å². The molecule has 2 amide bonds. The zero-order valence-electron chi connectivity index (χ0n) is 12.7. The van der Waals surface area contributed by atoms with Crippen molar-refractivity contribution in [2.24, 2.45) is 11.7 Å². The van der Waals surface area contributed by atoms with Gasteiger partial charge in [0.1, 0.15) is 5.75 Å². The lowest BCUT2D eigenvalue weighted by Crippen LogP contribution is -2.42. The van der Waals surface area contributed by atoms with Crippen LogP contribution in [0, 0.1) is 5.92 Å². The van der Waals surface area contributed by atoms with Crippen LogP contribution in [0.4, 0.5) is 0 Å². The fraction of sp³-hybridized carbons (Fsp3) is 0.529. The molecule has 1 saturated heterocycles. The predicted molar refractivity (Wildman–Crippen MR) is 82.4 cm³/mol. The lowest BCUT2D eigenvalue weighted by atomic mass is 9.89. The molecule has 0 radical (unpaired) electrons. The molecule has 22 heavy (non-hydrogen) atoms. The van der Waals surface area contributed by atoms with Gasteiger partial charge in [-0.25, -0.2) is 0 Å². The van der Waals surface area contributed by atoms with Crippen LogP contribution >= 0.6 is 0 Å². The van der Waals surface area contributed by atoms with E-state index in [9.17, 15) is 9.59 Å². The van der Waals surface area contributed by atoms with Gasteiger partial charge in [-0.2, -0.15) is 0 Å². The van der Waals surface area contributed by atoms with Gasteiger partial charge in [0.2, 0.25) is 11.8 Å². The van der Waals surface area contributed by atoms with E-state index in [2.05, 4.69) is 0 Å². The highest BCUT2D eigenvalue weighted by Crippen LogP contribution is 2.36. The van der Waals surface area contributed by atoms with Gasteiger partial charge in [-0.15, -0.1) is 0 Å². The van der Waals surface area contributed by atoms with Crippen LogP contribution < -0.4 is 10.5 Å². The third-order valence-corrected chi connectivity index (χ3v) is 4.75. The largest absolute Gasteiger partial charge is 0.493 e. The van der Waals surface area contributed by atoms with Gasteiger partial charge in [0.25, 0.3) is 0 Å². The number of para-hydroxylation sites is 1. The van der Waals surface area contributed by atoms with Gasteiger partial charge in [-0.1, -0.05) is 18.2 Å². The Hall–Kier alpha value is -2.04. The number of nitrogens with zero attached hydrogens (tertiary/aromatic N) is 1. The van der Waals surface area contributed by atoms with E-state index in [1.54, 1.807) is 0 Å². The van der Waals surface area contributed by atoms with E-state index in [1.165, 1.54) is 0 Å². The number of likely N-dealkylation sites (tertiary alicyclic amines) is 1. The molecule has 0 aromatic heterocycles. The predicted octanol–water partition coefficient (Wildman–Crippen LogP) is 1.67. The van der Waals surface area contributed by atoms with E-state index in [1.807, 2.05) is 29.2 Å². The van der Waals surface area contributed by atoms with Crippen LogP contribution in [-0.4, -0.2) is 36.4 Å². The van der Waals surface area contributed by atoms with Gasteiger partial charge in [-0.3, -0.25) is 9.59 Å². The normalized spacial score (nSPS) is 21.8. The number of hydrogen-bond acceptors (Lipinski definition) is 3. The van der Waals surface area contributed by atoms with Crippen molar-refractivity contribution in [3.05, 3.63) is 29.8 Å². The van der Waals surface area contributed by atoms with Crippen molar-refractivity contribution in [2.75, 3.05) is 19.7 Å². The Morgan fingerprint density at radius 1 is 1.18 bits per heavy atom. The molecule has 3 rings (SSSR count). The Kier molecular flexibility index (Phi) is 4.32. The minimum atomic E-state index is -0.245. The number of carbonyl (C=O) groups is 2. The summed E-state index contributed by atoms with van der Waals surface area (Å²) in [7, 11) is 0. The zero-order valence-corrected chi connectivity index (χ0v) is 12.7. The second-order valence-electron chi connectivity index (χ2n) is 6.13. The first kappa shape index (κ1) is 14.9. The van der Waals surface area contributed by atoms with Crippen LogP contribution in [0.15, 0.2) is 24.3 Å². The number of primary amides is 1. The number of hydrogen-bond donors (Lipinski definition) is 1. The first-order chi connectivity index (χ1) is 10.6. The maximum atomic E-state index is 12.5. The maximum Gasteiger partial charge on any atom is 0.223 e. The summed E-state index contributed by atoms with van der Waals surface area (Å²) >= 11 is 0. The van der Waals surface area contributed by atoms with Gasteiger partial charge in [-0.05, 0) is 36.8 Å². The van der Waals surface area contributed by atoms with E-state index in [4.69, 9.17) is 10.5 Å². The topological polar surface area (TPSA) is 72.6 Å². The number of amides is 2. The Morgan fingerprint density at radius 2 is 1.91 bits per heavy atom. The number of benzene rings is 1. The summed E-state index contributed by atoms with van der Waals surface area (Å²) in [6, 6.07) is 7.96. The summed E-state index contributed by atoms with van der Waals surface area (Å²) < 4.78 is 5.64. The molecular formula is C17H22N2O3. The molecule has 2 aliphatic heterocycles. The summed E-state index contributed by atoms with van der Waals surface area (Å²) in [4.78, 5) is 25.6. The van der Waals surface area contributed by atoms with E-state index in [0.717, 1.165) is 17.7 Å². The van der Waals surface area contributed by atoms with Crippen molar-refractivity contribution >= 4 is 11.8 Å². The van der Waals surface area contributed by atoms with Crippen LogP contribution in [0.2, 0.25) is 0 Å². The van der Waals surface area contributed by atoms with E-state index < -0.39 is 0 Å². The number of piperidine rings is 1. The number of ether oxygens (including phenoxy) is 1. The highest BCUT2D eigenvalue weighted by Gasteiger charge is 2.29. The summed E-state index contributed by atoms with van der Waals surface area (Å²) in [5, 5.41) is 0. The zero-order chi connectivity index (χ0) is 15.5. The first-order valence-corrected chi connectivity index (χ1v) is 7.94. The van der Waals surface area contributed by atoms with Crippen LogP contribution in [0.3, 0.4) is 0 Å². The summed E-state index contributed by atoms with van der Waals surface area (Å²) in [5.41, 5.74) is 6.47. The van der Waals surface area contributed by atoms with Crippen molar-refractivity contribution in [2.45, 2.75) is 31.6 Å². The molecule has 0 spiro atoms. The highest BCUT2D eigenvalue weighted by molar-refractivity contribution is 5.79. The Labute approximate surface area is 130 Å². The fourth-order valence-corrected chi connectivity index (χ4v) is 3.38. The van der Waals surface area contributed by atoms with Crippen LogP contribution in [0.1, 0.15) is 37.2 Å². The average molecular weight is 302 g/mol. The quantitative estimate of drug-likeness (QED) is 0.923. The molecule has 1 aromatic rings. The van der Waals surface area contributed by atoms with Crippen molar-refractivity contribution in [1.82, 2.24) is 4.90 Å². The summed E-state index contributed by atoms with van der Waals surface area (Å²) in [5.74, 6) is 0.980. The van der Waals surface area contributed by atoms with Gasteiger partial charge in [0.05, 0.1) is 6.61 Å². The molecule has 5 heteroatoms. The minimum Gasteiger partial charge on any atom is -0.493 e. The number of nitrogens with two attached hydrogens (primary N) is 1. The maximum absolute atomic E-state index is 12.5. The molecule has 5 nitrogen and oxygen atoms in total. The second-order valence-corrected chi connectivity index (χ2v) is 6.13. The number of rotatable bonds is 3.